The third kappa shape index (κ3) is 2.28. The number of aryl methyl sites for hydroxylation is 2. The summed E-state index contributed by atoms with van der Waals surface area (Å²) in [6.45, 7) is 6.30. The maximum absolute atomic E-state index is 12.0. The molecule has 80 valence electrons. The molecule has 2 N–H and O–H groups in total. The summed E-state index contributed by atoms with van der Waals surface area (Å²) in [6, 6.07) is 1.97. The minimum atomic E-state index is -0.0160. The summed E-state index contributed by atoms with van der Waals surface area (Å²) in [4.78, 5) is 12.0. The first kappa shape index (κ1) is 11.5. The number of aromatic nitrogens is 1. The second-order valence-electron chi connectivity index (χ2n) is 3.47. The zero-order chi connectivity index (χ0) is 11.4. The molecule has 0 saturated carbocycles. The topological polar surface area (TPSA) is 48.0 Å². The zero-order valence-corrected chi connectivity index (χ0v) is 9.42. The summed E-state index contributed by atoms with van der Waals surface area (Å²) in [6.07, 6.45) is 0. The van der Waals surface area contributed by atoms with Crippen molar-refractivity contribution < 1.29 is 0 Å². The first-order valence-corrected chi connectivity index (χ1v) is 4.91. The normalized spacial score (nSPS) is 9.60. The maximum Gasteiger partial charge on any atom is 0.256 e. The predicted octanol–water partition coefficient (Wildman–Crippen LogP) is 0.947. The van der Waals surface area contributed by atoms with E-state index in [9.17, 15) is 4.79 Å². The van der Waals surface area contributed by atoms with Crippen LogP contribution < -0.4 is 11.3 Å². The third-order valence-electron chi connectivity index (χ3n) is 2.45. The van der Waals surface area contributed by atoms with Crippen molar-refractivity contribution in [2.24, 2.45) is 5.73 Å². The van der Waals surface area contributed by atoms with Gasteiger partial charge in [-0.3, -0.25) is 4.79 Å². The smallest absolute Gasteiger partial charge is 0.256 e. The van der Waals surface area contributed by atoms with Crippen LogP contribution in [0.5, 0.6) is 0 Å². The van der Waals surface area contributed by atoms with Crippen molar-refractivity contribution in [3.63, 3.8) is 0 Å². The lowest BCUT2D eigenvalue weighted by molar-refractivity contribution is 0.740. The van der Waals surface area contributed by atoms with Gasteiger partial charge in [0.15, 0.2) is 0 Å². The van der Waals surface area contributed by atoms with Crippen molar-refractivity contribution in [2.45, 2.75) is 33.9 Å². The van der Waals surface area contributed by atoms with E-state index >= 15 is 0 Å². The maximum atomic E-state index is 12.0. The lowest BCUT2D eigenvalue weighted by atomic mass is 10.1. The summed E-state index contributed by atoms with van der Waals surface area (Å²) in [5.74, 6) is 5.67. The molecule has 3 heteroatoms. The molecule has 0 amide bonds. The molecule has 0 saturated heterocycles. The van der Waals surface area contributed by atoms with Crippen LogP contribution in [0.4, 0.5) is 0 Å². The van der Waals surface area contributed by atoms with E-state index in [0.29, 0.717) is 12.1 Å². The molecule has 0 aliphatic heterocycles. The highest BCUT2D eigenvalue weighted by atomic mass is 16.1. The van der Waals surface area contributed by atoms with Crippen LogP contribution in [0.3, 0.4) is 0 Å². The highest BCUT2D eigenvalue weighted by Crippen LogP contribution is 2.05. The molecule has 0 spiro atoms. The SMILES string of the molecule is CC#CCn1c(C)cc(C)c(CN)c1=O. The number of nitrogens with two attached hydrogens (primary N) is 1. The summed E-state index contributed by atoms with van der Waals surface area (Å²) in [5.41, 5.74) is 8.10. The van der Waals surface area contributed by atoms with Gasteiger partial charge in [0.1, 0.15) is 0 Å². The Balaban J connectivity index is 3.36. The highest BCUT2D eigenvalue weighted by molar-refractivity contribution is 5.26. The van der Waals surface area contributed by atoms with Crippen LogP contribution in [0.25, 0.3) is 0 Å². The van der Waals surface area contributed by atoms with Gasteiger partial charge in [0.2, 0.25) is 0 Å². The van der Waals surface area contributed by atoms with Crippen molar-refractivity contribution in [1.29, 1.82) is 0 Å². The lowest BCUT2D eigenvalue weighted by Crippen LogP contribution is -2.28. The van der Waals surface area contributed by atoms with Crippen LogP contribution in [0.15, 0.2) is 10.9 Å². The molecule has 0 atom stereocenters. The van der Waals surface area contributed by atoms with E-state index in [1.54, 1.807) is 11.5 Å². The van der Waals surface area contributed by atoms with E-state index in [-0.39, 0.29) is 12.1 Å². The Hall–Kier alpha value is -1.53. The number of hydrogen-bond donors (Lipinski definition) is 1. The van der Waals surface area contributed by atoms with Gasteiger partial charge in [0.05, 0.1) is 6.54 Å². The van der Waals surface area contributed by atoms with Gasteiger partial charge in [0.25, 0.3) is 5.56 Å². The molecule has 1 rings (SSSR count). The quantitative estimate of drug-likeness (QED) is 0.729. The minimum Gasteiger partial charge on any atom is -0.326 e. The monoisotopic (exact) mass is 204 g/mol. The molecule has 1 aromatic rings. The number of hydrogen-bond acceptors (Lipinski definition) is 2. The largest absolute Gasteiger partial charge is 0.326 e. The summed E-state index contributed by atoms with van der Waals surface area (Å²) < 4.78 is 1.66. The highest BCUT2D eigenvalue weighted by Gasteiger charge is 2.07. The summed E-state index contributed by atoms with van der Waals surface area (Å²) in [5, 5.41) is 0. The number of rotatable bonds is 2. The first-order valence-electron chi connectivity index (χ1n) is 4.91. The predicted molar refractivity (Wildman–Crippen MR) is 61.5 cm³/mol. The van der Waals surface area contributed by atoms with Gasteiger partial charge < -0.3 is 10.3 Å². The molecule has 0 aliphatic carbocycles. The Bertz CT molecular complexity index is 475. The molecule has 0 fully saturated rings. The Labute approximate surface area is 89.9 Å². The fourth-order valence-electron chi connectivity index (χ4n) is 1.57. The molecule has 1 aromatic heterocycles. The Morgan fingerprint density at radius 3 is 2.67 bits per heavy atom. The molecular formula is C12H16N2O. The molecule has 0 aromatic carbocycles. The van der Waals surface area contributed by atoms with Crippen LogP contribution in [-0.4, -0.2) is 4.57 Å². The van der Waals surface area contributed by atoms with Gasteiger partial charge in [-0.05, 0) is 32.4 Å². The molecular weight excluding hydrogens is 188 g/mol. The first-order chi connectivity index (χ1) is 7.11. The molecule has 0 aliphatic rings. The van der Waals surface area contributed by atoms with Crippen molar-refractivity contribution in [3.8, 4) is 11.8 Å². The molecule has 0 unspecified atom stereocenters. The second-order valence-corrected chi connectivity index (χ2v) is 3.47. The molecule has 1 heterocycles. The fraction of sp³-hybridized carbons (Fsp3) is 0.417. The van der Waals surface area contributed by atoms with Gasteiger partial charge >= 0.3 is 0 Å². The fourth-order valence-corrected chi connectivity index (χ4v) is 1.57. The van der Waals surface area contributed by atoms with Gasteiger partial charge in [-0.2, -0.15) is 0 Å². The Kier molecular flexibility index (Phi) is 3.70. The van der Waals surface area contributed by atoms with Gasteiger partial charge in [-0.1, -0.05) is 5.92 Å². The van der Waals surface area contributed by atoms with Crippen LogP contribution >= 0.6 is 0 Å². The van der Waals surface area contributed by atoms with Crippen molar-refractivity contribution in [3.05, 3.63) is 33.2 Å². The summed E-state index contributed by atoms with van der Waals surface area (Å²) >= 11 is 0. The Morgan fingerprint density at radius 1 is 1.47 bits per heavy atom. The van der Waals surface area contributed by atoms with E-state index in [0.717, 1.165) is 11.3 Å². The molecule has 0 radical (unpaired) electrons. The molecule has 3 nitrogen and oxygen atoms in total. The van der Waals surface area contributed by atoms with Crippen molar-refractivity contribution in [2.75, 3.05) is 0 Å². The number of pyridine rings is 1. The van der Waals surface area contributed by atoms with Crippen LogP contribution in [0, 0.1) is 25.7 Å². The standard InChI is InChI=1S/C12H16N2O/c1-4-5-6-14-10(3)7-9(2)11(8-13)12(14)15/h7H,6,8,13H2,1-3H3. The number of nitrogens with zero attached hydrogens (tertiary/aromatic N) is 1. The van der Waals surface area contributed by atoms with Gasteiger partial charge in [0, 0.05) is 17.8 Å². The zero-order valence-electron chi connectivity index (χ0n) is 9.42. The average molecular weight is 204 g/mol. The van der Waals surface area contributed by atoms with Crippen molar-refractivity contribution in [1.82, 2.24) is 4.57 Å². The molecule has 15 heavy (non-hydrogen) atoms. The van der Waals surface area contributed by atoms with E-state index in [2.05, 4.69) is 11.8 Å². The second kappa shape index (κ2) is 4.81. The third-order valence-corrected chi connectivity index (χ3v) is 2.45. The van der Waals surface area contributed by atoms with Gasteiger partial charge in [-0.15, -0.1) is 5.92 Å². The van der Waals surface area contributed by atoms with Crippen LogP contribution in [0.1, 0.15) is 23.7 Å². The average Bonchev–Trinajstić information content (AvgIpc) is 2.17. The van der Waals surface area contributed by atoms with E-state index in [1.165, 1.54) is 0 Å². The van der Waals surface area contributed by atoms with Gasteiger partial charge in [-0.25, -0.2) is 0 Å². The van der Waals surface area contributed by atoms with E-state index in [1.807, 2.05) is 19.9 Å². The minimum absolute atomic E-state index is 0.0160. The lowest BCUT2D eigenvalue weighted by Gasteiger charge is -2.10. The van der Waals surface area contributed by atoms with Crippen molar-refractivity contribution >= 4 is 0 Å². The Morgan fingerprint density at radius 2 is 2.13 bits per heavy atom. The summed E-state index contributed by atoms with van der Waals surface area (Å²) in [7, 11) is 0. The van der Waals surface area contributed by atoms with Crippen LogP contribution in [-0.2, 0) is 13.1 Å². The van der Waals surface area contributed by atoms with E-state index in [4.69, 9.17) is 5.73 Å². The van der Waals surface area contributed by atoms with E-state index < -0.39 is 0 Å². The molecule has 0 bridgehead atoms. The van der Waals surface area contributed by atoms with Crippen LogP contribution in [0.2, 0.25) is 0 Å².